The fourth-order valence-electron chi connectivity index (χ4n) is 2.77. The van der Waals surface area contributed by atoms with Crippen molar-refractivity contribution >= 4 is 23.6 Å². The summed E-state index contributed by atoms with van der Waals surface area (Å²) in [5.74, 6) is 0.644. The Balaban J connectivity index is 1.60. The molecule has 3 rings (SSSR count). The minimum Gasteiger partial charge on any atom is -0.457 e. The lowest BCUT2D eigenvalue weighted by molar-refractivity contribution is -0.117. The number of carbonyl (C=O) groups is 1. The molecule has 1 N–H and O–H groups in total. The molecule has 1 aromatic heterocycles. The van der Waals surface area contributed by atoms with Gasteiger partial charge in [0, 0.05) is 42.8 Å². The molecule has 0 atom stereocenters. The Labute approximate surface area is 163 Å². The number of nitrogens with one attached hydrogen (secondary N) is 1. The number of hydrogen-bond donors (Lipinski definition) is 1. The van der Waals surface area contributed by atoms with Crippen LogP contribution in [-0.4, -0.2) is 50.2 Å². The van der Waals surface area contributed by atoms with Gasteiger partial charge in [-0.05, 0) is 24.3 Å². The number of morpholine rings is 1. The number of hydrogen-bond acceptors (Lipinski definition) is 5. The molecule has 1 aromatic carbocycles. The molecule has 0 bridgehead atoms. The third kappa shape index (κ3) is 5.44. The van der Waals surface area contributed by atoms with Crippen LogP contribution in [0, 0.1) is 11.3 Å². The maximum atomic E-state index is 12.2. The van der Waals surface area contributed by atoms with Crippen molar-refractivity contribution in [3.05, 3.63) is 52.8 Å². The number of benzene rings is 1. The van der Waals surface area contributed by atoms with Crippen molar-refractivity contribution in [2.45, 2.75) is 0 Å². The van der Waals surface area contributed by atoms with Gasteiger partial charge >= 0.3 is 0 Å². The number of carbonyl (C=O) groups excluding carboxylic acids is 1. The lowest BCUT2D eigenvalue weighted by atomic mass is 10.2. The van der Waals surface area contributed by atoms with E-state index in [1.54, 1.807) is 24.3 Å². The van der Waals surface area contributed by atoms with Gasteiger partial charge in [0.2, 0.25) is 0 Å². The van der Waals surface area contributed by atoms with Gasteiger partial charge < -0.3 is 14.5 Å². The Morgan fingerprint density at radius 3 is 2.85 bits per heavy atom. The molecule has 6 nitrogen and oxygen atoms in total. The topological polar surface area (TPSA) is 78.5 Å². The molecule has 1 saturated heterocycles. The summed E-state index contributed by atoms with van der Waals surface area (Å²) >= 11 is 5.99. The standard InChI is InChI=1S/C20H20ClN3O3/c21-17-3-1-2-15(12-17)19-5-4-18(27-19)13-16(14-22)20(25)23-6-7-24-8-10-26-11-9-24/h1-5,12-13H,6-11H2,(H,23,25)/b16-13-. The first-order valence-electron chi connectivity index (χ1n) is 8.71. The second-order valence-corrected chi connectivity index (χ2v) is 6.53. The van der Waals surface area contributed by atoms with E-state index in [0.29, 0.717) is 36.3 Å². The summed E-state index contributed by atoms with van der Waals surface area (Å²) in [6.07, 6.45) is 1.44. The molecule has 1 aliphatic rings. The molecule has 27 heavy (non-hydrogen) atoms. The van der Waals surface area contributed by atoms with Crippen LogP contribution in [0.2, 0.25) is 5.02 Å². The van der Waals surface area contributed by atoms with E-state index in [4.69, 9.17) is 20.8 Å². The average Bonchev–Trinajstić information content (AvgIpc) is 3.15. The first-order chi connectivity index (χ1) is 13.2. The van der Waals surface area contributed by atoms with Gasteiger partial charge in [-0.2, -0.15) is 5.26 Å². The zero-order valence-corrected chi connectivity index (χ0v) is 15.5. The number of rotatable bonds is 6. The highest BCUT2D eigenvalue weighted by Crippen LogP contribution is 2.25. The number of furan rings is 1. The molecule has 0 radical (unpaired) electrons. The zero-order chi connectivity index (χ0) is 19.1. The Morgan fingerprint density at radius 2 is 2.11 bits per heavy atom. The van der Waals surface area contributed by atoms with E-state index in [1.165, 1.54) is 6.08 Å². The summed E-state index contributed by atoms with van der Waals surface area (Å²) in [4.78, 5) is 14.4. The highest BCUT2D eigenvalue weighted by Gasteiger charge is 2.13. The van der Waals surface area contributed by atoms with Crippen LogP contribution in [0.4, 0.5) is 0 Å². The quantitative estimate of drug-likeness (QED) is 0.611. The highest BCUT2D eigenvalue weighted by molar-refractivity contribution is 6.30. The van der Waals surface area contributed by atoms with Gasteiger partial charge in [-0.15, -0.1) is 0 Å². The van der Waals surface area contributed by atoms with Gasteiger partial charge in [0.1, 0.15) is 23.2 Å². The maximum Gasteiger partial charge on any atom is 0.262 e. The molecule has 1 fully saturated rings. The summed E-state index contributed by atoms with van der Waals surface area (Å²) in [5, 5.41) is 12.7. The molecule has 0 aliphatic carbocycles. The fourth-order valence-corrected chi connectivity index (χ4v) is 2.96. The van der Waals surface area contributed by atoms with Crippen LogP contribution in [0.25, 0.3) is 17.4 Å². The van der Waals surface area contributed by atoms with E-state index in [2.05, 4.69) is 10.2 Å². The average molecular weight is 386 g/mol. The molecule has 140 valence electrons. The number of amides is 1. The second-order valence-electron chi connectivity index (χ2n) is 6.09. The molecule has 7 heteroatoms. The predicted molar refractivity (Wildman–Crippen MR) is 103 cm³/mol. The number of nitriles is 1. The molecule has 0 unspecified atom stereocenters. The van der Waals surface area contributed by atoms with E-state index < -0.39 is 5.91 Å². The van der Waals surface area contributed by atoms with Crippen LogP contribution in [0.5, 0.6) is 0 Å². The molecular formula is C20H20ClN3O3. The fraction of sp³-hybridized carbons (Fsp3) is 0.300. The van der Waals surface area contributed by atoms with E-state index in [1.807, 2.05) is 18.2 Å². The minimum absolute atomic E-state index is 0.00368. The zero-order valence-electron chi connectivity index (χ0n) is 14.8. The van der Waals surface area contributed by atoms with Crippen LogP contribution >= 0.6 is 11.6 Å². The van der Waals surface area contributed by atoms with Gasteiger partial charge in [0.25, 0.3) is 5.91 Å². The van der Waals surface area contributed by atoms with Gasteiger partial charge in [-0.1, -0.05) is 23.7 Å². The second kappa shape index (κ2) is 9.38. The number of halogens is 1. The molecule has 0 spiro atoms. The third-order valence-electron chi connectivity index (χ3n) is 4.20. The lowest BCUT2D eigenvalue weighted by Gasteiger charge is -2.26. The van der Waals surface area contributed by atoms with Crippen molar-refractivity contribution in [3.8, 4) is 17.4 Å². The summed E-state index contributed by atoms with van der Waals surface area (Å²) in [6.45, 7) is 4.34. The van der Waals surface area contributed by atoms with Crippen molar-refractivity contribution < 1.29 is 13.9 Å². The summed E-state index contributed by atoms with van der Waals surface area (Å²) in [5.41, 5.74) is 0.833. The number of ether oxygens (including phenoxy) is 1. The molecule has 1 amide bonds. The Hall–Kier alpha value is -2.59. The maximum absolute atomic E-state index is 12.2. The Bertz CT molecular complexity index is 863. The number of nitrogens with zero attached hydrogens (tertiary/aromatic N) is 2. The van der Waals surface area contributed by atoms with Crippen LogP contribution in [-0.2, 0) is 9.53 Å². The minimum atomic E-state index is -0.411. The summed E-state index contributed by atoms with van der Waals surface area (Å²) < 4.78 is 11.0. The van der Waals surface area contributed by atoms with E-state index in [0.717, 1.165) is 25.2 Å². The normalized spacial score (nSPS) is 15.3. The largest absolute Gasteiger partial charge is 0.457 e. The highest BCUT2D eigenvalue weighted by atomic mass is 35.5. The van der Waals surface area contributed by atoms with Gasteiger partial charge in [-0.3, -0.25) is 9.69 Å². The molecule has 2 aromatic rings. The van der Waals surface area contributed by atoms with Crippen molar-refractivity contribution in [1.29, 1.82) is 5.26 Å². The Kier molecular flexibility index (Phi) is 6.66. The van der Waals surface area contributed by atoms with Crippen LogP contribution < -0.4 is 5.32 Å². The summed E-state index contributed by atoms with van der Waals surface area (Å²) in [7, 11) is 0. The van der Waals surface area contributed by atoms with Gasteiger partial charge in [-0.25, -0.2) is 0 Å². The molecule has 0 saturated carbocycles. The SMILES string of the molecule is N#C/C(=C/c1ccc(-c2cccc(Cl)c2)o1)C(=O)NCCN1CCOCC1. The van der Waals surface area contributed by atoms with E-state index in [-0.39, 0.29) is 5.57 Å². The monoisotopic (exact) mass is 385 g/mol. The first kappa shape index (κ1) is 19.2. The smallest absolute Gasteiger partial charge is 0.262 e. The Morgan fingerprint density at radius 1 is 1.30 bits per heavy atom. The molecule has 2 heterocycles. The van der Waals surface area contributed by atoms with Gasteiger partial charge in [0.15, 0.2) is 0 Å². The van der Waals surface area contributed by atoms with Crippen molar-refractivity contribution in [2.75, 3.05) is 39.4 Å². The predicted octanol–water partition coefficient (Wildman–Crippen LogP) is 2.96. The van der Waals surface area contributed by atoms with Crippen LogP contribution in [0.15, 0.2) is 46.4 Å². The van der Waals surface area contributed by atoms with Crippen LogP contribution in [0.3, 0.4) is 0 Å². The summed E-state index contributed by atoms with van der Waals surface area (Å²) in [6, 6.07) is 12.7. The lowest BCUT2D eigenvalue weighted by Crippen LogP contribution is -2.41. The van der Waals surface area contributed by atoms with Gasteiger partial charge in [0.05, 0.1) is 13.2 Å². The van der Waals surface area contributed by atoms with Crippen molar-refractivity contribution in [1.82, 2.24) is 10.2 Å². The molecule has 1 aliphatic heterocycles. The van der Waals surface area contributed by atoms with E-state index >= 15 is 0 Å². The van der Waals surface area contributed by atoms with Crippen molar-refractivity contribution in [3.63, 3.8) is 0 Å². The first-order valence-corrected chi connectivity index (χ1v) is 9.09. The van der Waals surface area contributed by atoms with Crippen LogP contribution in [0.1, 0.15) is 5.76 Å². The van der Waals surface area contributed by atoms with E-state index in [9.17, 15) is 10.1 Å². The molecular weight excluding hydrogens is 366 g/mol. The van der Waals surface area contributed by atoms with Crippen molar-refractivity contribution in [2.24, 2.45) is 0 Å². The third-order valence-corrected chi connectivity index (χ3v) is 4.44.